The first-order valence-electron chi connectivity index (χ1n) is 7.73. The summed E-state index contributed by atoms with van der Waals surface area (Å²) in [5.41, 5.74) is 2.78. The van der Waals surface area contributed by atoms with Gasteiger partial charge in [0.15, 0.2) is 0 Å². The van der Waals surface area contributed by atoms with Crippen molar-refractivity contribution in [2.45, 2.75) is 46.1 Å². The second kappa shape index (κ2) is 5.83. The molecule has 1 saturated heterocycles. The normalized spacial score (nSPS) is 18.4. The van der Waals surface area contributed by atoms with Crippen LogP contribution in [-0.2, 0) is 0 Å². The van der Waals surface area contributed by atoms with Crippen LogP contribution in [0.3, 0.4) is 0 Å². The summed E-state index contributed by atoms with van der Waals surface area (Å²) in [4.78, 5) is 19.0. The molecule has 118 valence electrons. The van der Waals surface area contributed by atoms with Crippen LogP contribution in [0.25, 0.3) is 0 Å². The highest BCUT2D eigenvalue weighted by atomic mass is 32.1. The molecule has 1 atom stereocenters. The number of amides is 1. The highest BCUT2D eigenvalue weighted by Gasteiger charge is 2.30. The molecule has 1 unspecified atom stereocenters. The standard InChI is InChI=1S/C16H22N4OS/c1-10(2)15-17-14(9-22-15)16(21)19-6-5-13(8-19)20-12(4)7-11(3)18-20/h7,9-10,13H,5-6,8H2,1-4H3. The van der Waals surface area contributed by atoms with Crippen LogP contribution in [0.5, 0.6) is 0 Å². The number of rotatable bonds is 3. The minimum Gasteiger partial charge on any atom is -0.335 e. The van der Waals surface area contributed by atoms with Crippen molar-refractivity contribution in [3.05, 3.63) is 33.5 Å². The molecule has 1 aliphatic rings. The van der Waals surface area contributed by atoms with Crippen LogP contribution in [0.4, 0.5) is 0 Å². The zero-order valence-electron chi connectivity index (χ0n) is 13.5. The van der Waals surface area contributed by atoms with Crippen LogP contribution < -0.4 is 0 Å². The number of hydrogen-bond acceptors (Lipinski definition) is 4. The second-order valence-electron chi connectivity index (χ2n) is 6.29. The van der Waals surface area contributed by atoms with E-state index < -0.39 is 0 Å². The van der Waals surface area contributed by atoms with Gasteiger partial charge in [0, 0.05) is 30.1 Å². The van der Waals surface area contributed by atoms with Gasteiger partial charge in [-0.25, -0.2) is 4.98 Å². The van der Waals surface area contributed by atoms with Crippen LogP contribution in [0.1, 0.15) is 59.1 Å². The molecular weight excluding hydrogens is 296 g/mol. The maximum atomic E-state index is 12.6. The van der Waals surface area contributed by atoms with Crippen molar-refractivity contribution < 1.29 is 4.79 Å². The van der Waals surface area contributed by atoms with Crippen molar-refractivity contribution in [3.63, 3.8) is 0 Å². The summed E-state index contributed by atoms with van der Waals surface area (Å²) in [7, 11) is 0. The number of aryl methyl sites for hydroxylation is 2. The lowest BCUT2D eigenvalue weighted by Crippen LogP contribution is -2.29. The molecule has 1 amide bonds. The van der Waals surface area contributed by atoms with Crippen LogP contribution in [-0.4, -0.2) is 38.7 Å². The summed E-state index contributed by atoms with van der Waals surface area (Å²) < 4.78 is 2.06. The Kier molecular flexibility index (Phi) is 4.04. The fraction of sp³-hybridized carbons (Fsp3) is 0.562. The predicted molar refractivity (Wildman–Crippen MR) is 87.5 cm³/mol. The van der Waals surface area contributed by atoms with Gasteiger partial charge in [0.1, 0.15) is 5.69 Å². The molecule has 0 spiro atoms. The summed E-state index contributed by atoms with van der Waals surface area (Å²) in [6, 6.07) is 2.36. The number of carbonyl (C=O) groups excluding carboxylic acids is 1. The molecule has 0 aromatic carbocycles. The molecule has 0 N–H and O–H groups in total. The number of likely N-dealkylation sites (tertiary alicyclic amines) is 1. The van der Waals surface area contributed by atoms with Crippen molar-refractivity contribution in [3.8, 4) is 0 Å². The van der Waals surface area contributed by atoms with E-state index in [9.17, 15) is 4.79 Å². The Labute approximate surface area is 135 Å². The lowest BCUT2D eigenvalue weighted by molar-refractivity contribution is 0.0781. The predicted octanol–water partition coefficient (Wildman–Crippen LogP) is 3.17. The van der Waals surface area contributed by atoms with Gasteiger partial charge in [-0.15, -0.1) is 11.3 Å². The van der Waals surface area contributed by atoms with Crippen LogP contribution in [0, 0.1) is 13.8 Å². The zero-order valence-corrected chi connectivity index (χ0v) is 14.4. The Morgan fingerprint density at radius 1 is 1.41 bits per heavy atom. The Bertz CT molecular complexity index is 688. The van der Waals surface area contributed by atoms with Gasteiger partial charge < -0.3 is 4.90 Å². The SMILES string of the molecule is Cc1cc(C)n(C2CCN(C(=O)c3csc(C(C)C)n3)C2)n1. The molecule has 0 saturated carbocycles. The van der Waals surface area contributed by atoms with E-state index in [2.05, 4.69) is 41.6 Å². The first-order valence-corrected chi connectivity index (χ1v) is 8.61. The van der Waals surface area contributed by atoms with Crippen LogP contribution >= 0.6 is 11.3 Å². The Hall–Kier alpha value is -1.69. The minimum absolute atomic E-state index is 0.0483. The first-order chi connectivity index (χ1) is 10.5. The highest BCUT2D eigenvalue weighted by Crippen LogP contribution is 2.26. The Balaban J connectivity index is 1.71. The van der Waals surface area contributed by atoms with Gasteiger partial charge in [-0.2, -0.15) is 5.10 Å². The summed E-state index contributed by atoms with van der Waals surface area (Å²) >= 11 is 1.57. The van der Waals surface area contributed by atoms with Crippen molar-refractivity contribution in [2.24, 2.45) is 0 Å². The average Bonchev–Trinajstić information content (AvgIpc) is 3.16. The van der Waals surface area contributed by atoms with E-state index in [1.165, 1.54) is 0 Å². The molecule has 22 heavy (non-hydrogen) atoms. The fourth-order valence-corrected chi connectivity index (χ4v) is 3.76. The van der Waals surface area contributed by atoms with Gasteiger partial charge in [0.05, 0.1) is 16.7 Å². The van der Waals surface area contributed by atoms with Crippen LogP contribution in [0.2, 0.25) is 0 Å². The summed E-state index contributed by atoms with van der Waals surface area (Å²) in [6.07, 6.45) is 0.953. The van der Waals surface area contributed by atoms with E-state index in [0.29, 0.717) is 11.6 Å². The second-order valence-corrected chi connectivity index (χ2v) is 7.18. The largest absolute Gasteiger partial charge is 0.335 e. The van der Waals surface area contributed by atoms with E-state index in [1.807, 2.05) is 17.2 Å². The molecule has 6 heteroatoms. The lowest BCUT2D eigenvalue weighted by atomic mass is 10.2. The van der Waals surface area contributed by atoms with E-state index in [4.69, 9.17) is 0 Å². The fourth-order valence-electron chi connectivity index (χ4n) is 2.95. The molecule has 5 nitrogen and oxygen atoms in total. The molecule has 3 rings (SSSR count). The first kappa shape index (κ1) is 15.2. The van der Waals surface area contributed by atoms with Gasteiger partial charge in [-0.05, 0) is 26.3 Å². The summed E-state index contributed by atoms with van der Waals surface area (Å²) in [5, 5.41) is 7.46. The number of nitrogens with zero attached hydrogens (tertiary/aromatic N) is 4. The zero-order chi connectivity index (χ0) is 15.9. The topological polar surface area (TPSA) is 51.0 Å². The van der Waals surface area contributed by atoms with E-state index in [1.54, 1.807) is 11.3 Å². The van der Waals surface area contributed by atoms with E-state index in [0.717, 1.165) is 35.9 Å². The van der Waals surface area contributed by atoms with Crippen molar-refractivity contribution in [1.82, 2.24) is 19.7 Å². The molecule has 2 aromatic rings. The molecule has 0 aliphatic carbocycles. The number of carbonyl (C=O) groups is 1. The Morgan fingerprint density at radius 3 is 2.77 bits per heavy atom. The average molecular weight is 318 g/mol. The molecular formula is C16H22N4OS. The third kappa shape index (κ3) is 2.79. The molecule has 2 aromatic heterocycles. The van der Waals surface area contributed by atoms with Gasteiger partial charge in [-0.1, -0.05) is 13.8 Å². The maximum absolute atomic E-state index is 12.6. The summed E-state index contributed by atoms with van der Waals surface area (Å²) in [5.74, 6) is 0.416. The van der Waals surface area contributed by atoms with Crippen molar-refractivity contribution in [2.75, 3.05) is 13.1 Å². The van der Waals surface area contributed by atoms with Gasteiger partial charge in [0.2, 0.25) is 0 Å². The third-order valence-corrected chi connectivity index (χ3v) is 5.22. The van der Waals surface area contributed by atoms with E-state index >= 15 is 0 Å². The van der Waals surface area contributed by atoms with Gasteiger partial charge >= 0.3 is 0 Å². The highest BCUT2D eigenvalue weighted by molar-refractivity contribution is 7.09. The van der Waals surface area contributed by atoms with Crippen molar-refractivity contribution in [1.29, 1.82) is 0 Å². The number of aromatic nitrogens is 3. The number of thiazole rings is 1. The molecule has 3 heterocycles. The third-order valence-electron chi connectivity index (χ3n) is 4.08. The molecule has 1 aliphatic heterocycles. The summed E-state index contributed by atoms with van der Waals surface area (Å²) in [6.45, 7) is 9.76. The van der Waals surface area contributed by atoms with Crippen molar-refractivity contribution >= 4 is 17.2 Å². The van der Waals surface area contributed by atoms with Crippen LogP contribution in [0.15, 0.2) is 11.4 Å². The smallest absolute Gasteiger partial charge is 0.273 e. The molecule has 0 bridgehead atoms. The molecule has 0 radical (unpaired) electrons. The lowest BCUT2D eigenvalue weighted by Gasteiger charge is -2.16. The minimum atomic E-state index is 0.0483. The van der Waals surface area contributed by atoms with Gasteiger partial charge in [0.25, 0.3) is 5.91 Å². The van der Waals surface area contributed by atoms with Gasteiger partial charge in [-0.3, -0.25) is 9.48 Å². The number of hydrogen-bond donors (Lipinski definition) is 0. The van der Waals surface area contributed by atoms with E-state index in [-0.39, 0.29) is 11.9 Å². The quantitative estimate of drug-likeness (QED) is 0.873. The molecule has 1 fully saturated rings. The Morgan fingerprint density at radius 2 is 2.18 bits per heavy atom. The monoisotopic (exact) mass is 318 g/mol. The maximum Gasteiger partial charge on any atom is 0.273 e.